The van der Waals surface area contributed by atoms with Gasteiger partial charge >= 0.3 is 11.9 Å². The first-order chi connectivity index (χ1) is 16.5. The summed E-state index contributed by atoms with van der Waals surface area (Å²) < 4.78 is 10.7. The molecule has 4 heteroatoms. The van der Waals surface area contributed by atoms with Crippen molar-refractivity contribution in [2.45, 2.75) is 168 Å². The minimum absolute atomic E-state index is 0.0211. The van der Waals surface area contributed by atoms with Crippen LogP contribution in [0.15, 0.2) is 12.2 Å². The van der Waals surface area contributed by atoms with Gasteiger partial charge in [0, 0.05) is 12.5 Å². The standard InChI is InChI=1S/C30H56O4/c1-5-23-27(3)33-29(31)25-21-19-17-15-13-11-9-7-8-10-12-14-16-18-20-22-26-30(32)34-28(4)24-6-2/h21,25,27-28H,5-20,22-24,26H2,1-4H3/b25-21+. The van der Waals surface area contributed by atoms with Crippen molar-refractivity contribution in [3.05, 3.63) is 12.2 Å². The van der Waals surface area contributed by atoms with Crippen molar-refractivity contribution >= 4 is 11.9 Å². The average molecular weight is 481 g/mol. The molecule has 0 heterocycles. The summed E-state index contributed by atoms with van der Waals surface area (Å²) in [5.74, 6) is -0.220. The summed E-state index contributed by atoms with van der Waals surface area (Å²) in [5, 5.41) is 0. The summed E-state index contributed by atoms with van der Waals surface area (Å²) in [6, 6.07) is 0. The molecule has 4 nitrogen and oxygen atoms in total. The third kappa shape index (κ3) is 23.8. The Balaban J connectivity index is 3.29. The minimum atomic E-state index is -0.199. The highest BCUT2D eigenvalue weighted by Crippen LogP contribution is 2.14. The van der Waals surface area contributed by atoms with Crippen LogP contribution in [0.3, 0.4) is 0 Å². The van der Waals surface area contributed by atoms with E-state index in [1.165, 1.54) is 70.6 Å². The maximum absolute atomic E-state index is 11.7. The lowest BCUT2D eigenvalue weighted by atomic mass is 10.0. The zero-order chi connectivity index (χ0) is 25.3. The molecule has 0 N–H and O–H groups in total. The Morgan fingerprint density at radius 3 is 1.50 bits per heavy atom. The molecule has 0 saturated heterocycles. The summed E-state index contributed by atoms with van der Waals surface area (Å²) >= 11 is 0. The summed E-state index contributed by atoms with van der Waals surface area (Å²) in [6.45, 7) is 8.16. The molecule has 2 unspecified atom stereocenters. The second-order valence-corrected chi connectivity index (χ2v) is 10.0. The van der Waals surface area contributed by atoms with E-state index in [-0.39, 0.29) is 24.1 Å². The topological polar surface area (TPSA) is 52.6 Å². The summed E-state index contributed by atoms with van der Waals surface area (Å²) in [4.78, 5) is 23.3. The van der Waals surface area contributed by atoms with Gasteiger partial charge in [0.2, 0.25) is 0 Å². The molecular formula is C30H56O4. The van der Waals surface area contributed by atoms with Gasteiger partial charge in [-0.15, -0.1) is 0 Å². The van der Waals surface area contributed by atoms with Crippen LogP contribution in [-0.2, 0) is 19.1 Å². The number of carbonyl (C=O) groups is 2. The fourth-order valence-electron chi connectivity index (χ4n) is 4.28. The highest BCUT2D eigenvalue weighted by Gasteiger charge is 2.08. The number of ether oxygens (including phenoxy) is 2. The van der Waals surface area contributed by atoms with E-state index in [0.717, 1.165) is 51.4 Å². The van der Waals surface area contributed by atoms with Crippen molar-refractivity contribution in [1.82, 2.24) is 0 Å². The number of unbranched alkanes of at least 4 members (excludes halogenated alkanes) is 14. The van der Waals surface area contributed by atoms with Crippen molar-refractivity contribution < 1.29 is 19.1 Å². The molecule has 0 spiro atoms. The Morgan fingerprint density at radius 2 is 1.03 bits per heavy atom. The van der Waals surface area contributed by atoms with E-state index in [1.807, 2.05) is 19.9 Å². The zero-order valence-corrected chi connectivity index (χ0v) is 23.1. The Bertz CT molecular complexity index is 500. The molecule has 0 bridgehead atoms. The van der Waals surface area contributed by atoms with Crippen LogP contribution in [0.25, 0.3) is 0 Å². The maximum atomic E-state index is 11.7. The molecule has 0 aliphatic rings. The van der Waals surface area contributed by atoms with Gasteiger partial charge in [-0.2, -0.15) is 0 Å². The van der Waals surface area contributed by atoms with E-state index in [4.69, 9.17) is 9.47 Å². The van der Waals surface area contributed by atoms with Crippen molar-refractivity contribution in [3.63, 3.8) is 0 Å². The lowest BCUT2D eigenvalue weighted by Gasteiger charge is -2.11. The summed E-state index contributed by atoms with van der Waals surface area (Å²) in [7, 11) is 0. The van der Waals surface area contributed by atoms with Crippen LogP contribution in [0, 0.1) is 0 Å². The Morgan fingerprint density at radius 1 is 0.618 bits per heavy atom. The predicted molar refractivity (Wildman–Crippen MR) is 144 cm³/mol. The maximum Gasteiger partial charge on any atom is 0.330 e. The predicted octanol–water partition coefficient (Wildman–Crippen LogP) is 9.25. The van der Waals surface area contributed by atoms with Gasteiger partial charge in [-0.3, -0.25) is 4.79 Å². The molecule has 0 aromatic heterocycles. The van der Waals surface area contributed by atoms with Crippen LogP contribution < -0.4 is 0 Å². The first-order valence-electron chi connectivity index (χ1n) is 14.6. The third-order valence-corrected chi connectivity index (χ3v) is 6.30. The van der Waals surface area contributed by atoms with Gasteiger partial charge in [0.1, 0.15) is 0 Å². The largest absolute Gasteiger partial charge is 0.463 e. The van der Waals surface area contributed by atoms with Crippen LogP contribution in [0.2, 0.25) is 0 Å². The van der Waals surface area contributed by atoms with Crippen molar-refractivity contribution in [3.8, 4) is 0 Å². The molecule has 0 radical (unpaired) electrons. The van der Waals surface area contributed by atoms with Gasteiger partial charge < -0.3 is 9.47 Å². The van der Waals surface area contributed by atoms with E-state index in [9.17, 15) is 9.59 Å². The van der Waals surface area contributed by atoms with Crippen LogP contribution in [-0.4, -0.2) is 24.1 Å². The Kier molecular flexibility index (Phi) is 23.8. The van der Waals surface area contributed by atoms with Gasteiger partial charge in [0.25, 0.3) is 0 Å². The van der Waals surface area contributed by atoms with Crippen LogP contribution in [0.5, 0.6) is 0 Å². The van der Waals surface area contributed by atoms with E-state index < -0.39 is 0 Å². The minimum Gasteiger partial charge on any atom is -0.463 e. The zero-order valence-electron chi connectivity index (χ0n) is 23.1. The smallest absolute Gasteiger partial charge is 0.330 e. The van der Waals surface area contributed by atoms with Crippen molar-refractivity contribution in [1.29, 1.82) is 0 Å². The highest BCUT2D eigenvalue weighted by molar-refractivity contribution is 5.81. The monoisotopic (exact) mass is 480 g/mol. The van der Waals surface area contributed by atoms with Crippen molar-refractivity contribution in [2.24, 2.45) is 0 Å². The lowest BCUT2D eigenvalue weighted by Crippen LogP contribution is -2.14. The van der Waals surface area contributed by atoms with Gasteiger partial charge in [0.05, 0.1) is 12.2 Å². The molecule has 0 aromatic rings. The molecule has 0 rings (SSSR count). The van der Waals surface area contributed by atoms with Crippen LogP contribution >= 0.6 is 0 Å². The molecule has 0 aliphatic heterocycles. The Labute approximate surface area is 211 Å². The SMILES string of the molecule is CCCC(C)OC(=O)/C=C/CCCCCCCCCCCCCCCCC(=O)OC(C)CCC. The van der Waals surface area contributed by atoms with E-state index in [0.29, 0.717) is 6.42 Å². The van der Waals surface area contributed by atoms with Gasteiger partial charge in [-0.1, -0.05) is 110 Å². The van der Waals surface area contributed by atoms with Crippen LogP contribution in [0.4, 0.5) is 0 Å². The first kappa shape index (κ1) is 32.7. The average Bonchev–Trinajstić information content (AvgIpc) is 2.78. The van der Waals surface area contributed by atoms with E-state index >= 15 is 0 Å². The quantitative estimate of drug-likeness (QED) is 0.0784. The Hall–Kier alpha value is -1.32. The number of carbonyl (C=O) groups excluding carboxylic acids is 2. The highest BCUT2D eigenvalue weighted by atomic mass is 16.5. The number of allylic oxidation sites excluding steroid dienone is 1. The lowest BCUT2D eigenvalue weighted by molar-refractivity contribution is -0.148. The summed E-state index contributed by atoms with van der Waals surface area (Å²) in [5.41, 5.74) is 0. The number of rotatable bonds is 24. The van der Waals surface area contributed by atoms with Crippen LogP contribution in [0.1, 0.15) is 156 Å². The molecule has 2 atom stereocenters. The molecule has 0 aliphatic carbocycles. The third-order valence-electron chi connectivity index (χ3n) is 6.30. The molecule has 0 fully saturated rings. The first-order valence-corrected chi connectivity index (χ1v) is 14.6. The number of hydrogen-bond acceptors (Lipinski definition) is 4. The molecule has 200 valence electrons. The van der Waals surface area contributed by atoms with Gasteiger partial charge in [-0.05, 0) is 46.0 Å². The second kappa shape index (κ2) is 24.8. The van der Waals surface area contributed by atoms with Gasteiger partial charge in [0.15, 0.2) is 0 Å². The normalized spacial score (nSPS) is 13.2. The second-order valence-electron chi connectivity index (χ2n) is 10.0. The molecule has 34 heavy (non-hydrogen) atoms. The number of esters is 2. The number of hydrogen-bond donors (Lipinski definition) is 0. The van der Waals surface area contributed by atoms with Gasteiger partial charge in [-0.25, -0.2) is 4.79 Å². The summed E-state index contributed by atoms with van der Waals surface area (Å²) in [6.07, 6.45) is 27.0. The fourth-order valence-corrected chi connectivity index (χ4v) is 4.28. The van der Waals surface area contributed by atoms with E-state index in [1.54, 1.807) is 6.08 Å². The molecule has 0 aromatic carbocycles. The van der Waals surface area contributed by atoms with Crippen molar-refractivity contribution in [2.75, 3.05) is 0 Å². The van der Waals surface area contributed by atoms with E-state index in [2.05, 4.69) is 13.8 Å². The fraction of sp³-hybridized carbons (Fsp3) is 0.867. The molecule has 0 amide bonds. The molecular weight excluding hydrogens is 424 g/mol. The molecule has 0 saturated carbocycles.